The highest BCUT2D eigenvalue weighted by Gasteiger charge is 2.09. The summed E-state index contributed by atoms with van der Waals surface area (Å²) in [5, 5.41) is 0. The average Bonchev–Trinajstić information content (AvgIpc) is 2.83. The molecule has 5 heteroatoms. The van der Waals surface area contributed by atoms with Gasteiger partial charge < -0.3 is 15.5 Å². The molecule has 0 saturated carbocycles. The number of nitrogens with two attached hydrogens (primary N) is 1. The third-order valence-corrected chi connectivity index (χ3v) is 3.69. The van der Waals surface area contributed by atoms with E-state index in [2.05, 4.69) is 25.9 Å². The van der Waals surface area contributed by atoms with Gasteiger partial charge in [0.05, 0.1) is 21.6 Å². The SMILES string of the molecule is CC(C)Oc1ccc(-c2nc3ccc(N)cc3[nH]2)cc1Br. The molecule has 21 heavy (non-hydrogen) atoms. The quantitative estimate of drug-likeness (QED) is 0.693. The van der Waals surface area contributed by atoms with Gasteiger partial charge in [-0.05, 0) is 66.2 Å². The van der Waals surface area contributed by atoms with Gasteiger partial charge in [-0.3, -0.25) is 0 Å². The summed E-state index contributed by atoms with van der Waals surface area (Å²) < 4.78 is 6.63. The van der Waals surface area contributed by atoms with Gasteiger partial charge in [-0.1, -0.05) is 0 Å². The minimum atomic E-state index is 0.140. The Bertz CT molecular complexity index is 795. The Kier molecular flexibility index (Phi) is 3.59. The maximum absolute atomic E-state index is 5.79. The van der Waals surface area contributed by atoms with Gasteiger partial charge in [0, 0.05) is 11.3 Å². The third-order valence-electron chi connectivity index (χ3n) is 3.07. The summed E-state index contributed by atoms with van der Waals surface area (Å²) in [5.41, 5.74) is 9.34. The first-order valence-corrected chi connectivity index (χ1v) is 7.54. The minimum absolute atomic E-state index is 0.140. The Morgan fingerprint density at radius 1 is 1.19 bits per heavy atom. The fourth-order valence-corrected chi connectivity index (χ4v) is 2.63. The van der Waals surface area contributed by atoms with Crippen molar-refractivity contribution in [3.63, 3.8) is 0 Å². The van der Waals surface area contributed by atoms with Gasteiger partial charge in [0.15, 0.2) is 0 Å². The van der Waals surface area contributed by atoms with Crippen molar-refractivity contribution in [1.29, 1.82) is 0 Å². The fraction of sp³-hybridized carbons (Fsp3) is 0.188. The van der Waals surface area contributed by atoms with E-state index in [-0.39, 0.29) is 6.10 Å². The largest absolute Gasteiger partial charge is 0.490 e. The van der Waals surface area contributed by atoms with Crippen molar-refractivity contribution in [2.24, 2.45) is 0 Å². The monoisotopic (exact) mass is 345 g/mol. The summed E-state index contributed by atoms with van der Waals surface area (Å²) in [7, 11) is 0. The number of H-pyrrole nitrogens is 1. The van der Waals surface area contributed by atoms with Crippen LogP contribution in [0.4, 0.5) is 5.69 Å². The number of hydrogen-bond donors (Lipinski definition) is 2. The predicted octanol–water partition coefficient (Wildman–Crippen LogP) is 4.36. The number of imidazole rings is 1. The lowest BCUT2D eigenvalue weighted by molar-refractivity contribution is 0.241. The molecule has 0 aliphatic heterocycles. The summed E-state index contributed by atoms with van der Waals surface area (Å²) in [6.07, 6.45) is 0.140. The summed E-state index contributed by atoms with van der Waals surface area (Å²) in [6, 6.07) is 11.6. The number of aromatic nitrogens is 2. The molecule has 0 atom stereocenters. The van der Waals surface area contributed by atoms with E-state index >= 15 is 0 Å². The second-order valence-corrected chi connectivity index (χ2v) is 6.03. The zero-order valence-electron chi connectivity index (χ0n) is 11.9. The van der Waals surface area contributed by atoms with Crippen LogP contribution in [-0.4, -0.2) is 16.1 Å². The lowest BCUT2D eigenvalue weighted by Crippen LogP contribution is -2.05. The van der Waals surface area contributed by atoms with E-state index in [1.165, 1.54) is 0 Å². The van der Waals surface area contributed by atoms with E-state index in [1.807, 2.05) is 50.2 Å². The lowest BCUT2D eigenvalue weighted by atomic mass is 10.2. The van der Waals surface area contributed by atoms with Crippen molar-refractivity contribution < 1.29 is 4.74 Å². The highest BCUT2D eigenvalue weighted by molar-refractivity contribution is 9.10. The number of ether oxygens (including phenoxy) is 1. The number of rotatable bonds is 3. The molecule has 0 fully saturated rings. The summed E-state index contributed by atoms with van der Waals surface area (Å²) in [6.45, 7) is 4.01. The van der Waals surface area contributed by atoms with Crippen molar-refractivity contribution in [3.8, 4) is 17.1 Å². The first-order valence-electron chi connectivity index (χ1n) is 6.75. The molecule has 108 valence electrons. The van der Waals surface area contributed by atoms with Crippen LogP contribution in [0.1, 0.15) is 13.8 Å². The van der Waals surface area contributed by atoms with Crippen LogP contribution in [0.2, 0.25) is 0 Å². The number of benzene rings is 2. The molecule has 2 aromatic carbocycles. The van der Waals surface area contributed by atoms with Gasteiger partial charge in [0.25, 0.3) is 0 Å². The van der Waals surface area contributed by atoms with E-state index in [0.29, 0.717) is 0 Å². The zero-order chi connectivity index (χ0) is 15.0. The molecule has 4 nitrogen and oxygen atoms in total. The van der Waals surface area contributed by atoms with Gasteiger partial charge in [-0.25, -0.2) is 4.98 Å². The molecule has 0 aliphatic rings. The molecule has 0 amide bonds. The van der Waals surface area contributed by atoms with Crippen LogP contribution in [0.5, 0.6) is 5.75 Å². The second kappa shape index (κ2) is 5.41. The van der Waals surface area contributed by atoms with Crippen LogP contribution >= 0.6 is 15.9 Å². The number of nitrogen functional groups attached to an aromatic ring is 1. The van der Waals surface area contributed by atoms with E-state index in [4.69, 9.17) is 10.5 Å². The van der Waals surface area contributed by atoms with Gasteiger partial charge in [0.1, 0.15) is 11.6 Å². The molecule has 0 bridgehead atoms. The van der Waals surface area contributed by atoms with E-state index < -0.39 is 0 Å². The number of nitrogens with zero attached hydrogens (tertiary/aromatic N) is 1. The van der Waals surface area contributed by atoms with Crippen LogP contribution in [0.15, 0.2) is 40.9 Å². The first-order chi connectivity index (χ1) is 10.0. The molecule has 0 aliphatic carbocycles. The second-order valence-electron chi connectivity index (χ2n) is 5.17. The first kappa shape index (κ1) is 13.9. The zero-order valence-corrected chi connectivity index (χ0v) is 13.4. The van der Waals surface area contributed by atoms with Crippen LogP contribution in [0.3, 0.4) is 0 Å². The maximum Gasteiger partial charge on any atom is 0.138 e. The number of halogens is 1. The van der Waals surface area contributed by atoms with Crippen molar-refractivity contribution in [2.45, 2.75) is 20.0 Å². The lowest BCUT2D eigenvalue weighted by Gasteiger charge is -2.11. The van der Waals surface area contributed by atoms with Crippen LogP contribution in [-0.2, 0) is 0 Å². The van der Waals surface area contributed by atoms with Gasteiger partial charge in [-0.2, -0.15) is 0 Å². The standard InChI is InChI=1S/C16H16BrN3O/c1-9(2)21-15-6-3-10(7-12(15)17)16-19-13-5-4-11(18)8-14(13)20-16/h3-9H,18H2,1-2H3,(H,19,20). The molecule has 0 unspecified atom stereocenters. The molecule has 3 N–H and O–H groups in total. The third kappa shape index (κ3) is 2.88. The predicted molar refractivity (Wildman–Crippen MR) is 89.4 cm³/mol. The van der Waals surface area contributed by atoms with E-state index in [1.54, 1.807) is 0 Å². The Morgan fingerprint density at radius 3 is 2.71 bits per heavy atom. The molecule has 0 radical (unpaired) electrons. The Labute approximate surface area is 131 Å². The number of anilines is 1. The Hall–Kier alpha value is -2.01. The molecule has 1 heterocycles. The minimum Gasteiger partial charge on any atom is -0.490 e. The smallest absolute Gasteiger partial charge is 0.138 e. The molecule has 0 saturated heterocycles. The number of nitrogens with one attached hydrogen (secondary N) is 1. The maximum atomic E-state index is 5.79. The summed E-state index contributed by atoms with van der Waals surface area (Å²) >= 11 is 3.54. The highest BCUT2D eigenvalue weighted by atomic mass is 79.9. The number of aromatic amines is 1. The summed E-state index contributed by atoms with van der Waals surface area (Å²) in [5.74, 6) is 1.64. The van der Waals surface area contributed by atoms with Crippen molar-refractivity contribution >= 4 is 32.7 Å². The van der Waals surface area contributed by atoms with Crippen LogP contribution < -0.4 is 10.5 Å². The highest BCUT2D eigenvalue weighted by Crippen LogP contribution is 2.31. The van der Waals surface area contributed by atoms with E-state index in [9.17, 15) is 0 Å². The summed E-state index contributed by atoms with van der Waals surface area (Å²) in [4.78, 5) is 7.87. The van der Waals surface area contributed by atoms with Gasteiger partial charge in [0.2, 0.25) is 0 Å². The molecule has 0 spiro atoms. The van der Waals surface area contributed by atoms with Crippen LogP contribution in [0.25, 0.3) is 22.4 Å². The molecular formula is C16H16BrN3O. The fourth-order valence-electron chi connectivity index (χ4n) is 2.16. The van der Waals surface area contributed by atoms with Gasteiger partial charge >= 0.3 is 0 Å². The van der Waals surface area contributed by atoms with Crippen molar-refractivity contribution in [1.82, 2.24) is 9.97 Å². The molecule has 3 aromatic rings. The average molecular weight is 346 g/mol. The molecule has 3 rings (SSSR count). The Balaban J connectivity index is 2.00. The van der Waals surface area contributed by atoms with Crippen molar-refractivity contribution in [3.05, 3.63) is 40.9 Å². The number of fused-ring (bicyclic) bond motifs is 1. The van der Waals surface area contributed by atoms with E-state index in [0.717, 1.165) is 38.3 Å². The van der Waals surface area contributed by atoms with Crippen LogP contribution in [0, 0.1) is 0 Å². The number of hydrogen-bond acceptors (Lipinski definition) is 3. The van der Waals surface area contributed by atoms with Crippen molar-refractivity contribution in [2.75, 3.05) is 5.73 Å². The normalized spacial score (nSPS) is 11.2. The van der Waals surface area contributed by atoms with Gasteiger partial charge in [-0.15, -0.1) is 0 Å². The molecule has 1 aromatic heterocycles. The Morgan fingerprint density at radius 2 is 2.00 bits per heavy atom. The molecular weight excluding hydrogens is 330 g/mol. The topological polar surface area (TPSA) is 63.9 Å².